The molecule has 0 aliphatic rings. The van der Waals surface area contributed by atoms with Gasteiger partial charge in [-0.2, -0.15) is 39.5 Å². The Balaban J connectivity index is -0.000000439. The molecule has 0 aromatic carbocycles. The highest BCUT2D eigenvalue weighted by Gasteiger charge is 2.39. The standard InChI is InChI=1S/C21H45N7O3.3C2HF3O2/c1-18(22)11-16-24-12-9-10-15-27-21(30)19(31-2)20(29)26-14-8-6-4-3-5-7-13-25-17-28-23;3*3-2(4,5)1(6)7/h17-19,24H,3-16,22-23H2,1-2H3,(H,25,28)(H,26,29)(H,27,30);3*(H,6,7). The van der Waals surface area contributed by atoms with Crippen LogP contribution in [0.1, 0.15) is 64.7 Å². The zero-order valence-corrected chi connectivity index (χ0v) is 28.4. The van der Waals surface area contributed by atoms with Crippen molar-refractivity contribution in [1.29, 1.82) is 0 Å². The topological polar surface area (TPSA) is 268 Å². The summed E-state index contributed by atoms with van der Waals surface area (Å²) >= 11 is 0. The van der Waals surface area contributed by atoms with E-state index in [-0.39, 0.29) is 11.9 Å². The maximum Gasteiger partial charge on any atom is 0.490 e. The van der Waals surface area contributed by atoms with E-state index in [2.05, 4.69) is 26.4 Å². The van der Waals surface area contributed by atoms with E-state index in [1.165, 1.54) is 13.4 Å². The van der Waals surface area contributed by atoms with E-state index < -0.39 is 48.4 Å². The van der Waals surface area contributed by atoms with Crippen LogP contribution >= 0.6 is 0 Å². The van der Waals surface area contributed by atoms with Gasteiger partial charge in [-0.1, -0.05) is 25.7 Å². The molecule has 0 fully saturated rings. The number of carboxylic acid groups (broad SMARTS) is 3. The Kier molecular flexibility index (Phi) is 33.4. The summed E-state index contributed by atoms with van der Waals surface area (Å²) in [5.74, 6) is -3.96. The summed E-state index contributed by atoms with van der Waals surface area (Å²) in [6, 6.07) is 0.208. The minimum Gasteiger partial charge on any atom is -0.475 e. The fourth-order valence-corrected chi connectivity index (χ4v) is 2.92. The van der Waals surface area contributed by atoms with Gasteiger partial charge in [-0.05, 0) is 52.1 Å². The molecule has 25 heteroatoms. The van der Waals surface area contributed by atoms with Gasteiger partial charge in [-0.15, -0.1) is 0 Å². The van der Waals surface area contributed by atoms with Gasteiger partial charge in [0.05, 0.1) is 6.34 Å². The Morgan fingerprint density at radius 2 is 1.02 bits per heavy atom. The second-order valence-electron chi connectivity index (χ2n) is 10.2. The molecule has 11 N–H and O–H groups in total. The summed E-state index contributed by atoms with van der Waals surface area (Å²) in [6.07, 6.45) is -5.77. The number of rotatable bonds is 21. The van der Waals surface area contributed by atoms with Gasteiger partial charge in [0.1, 0.15) is 0 Å². The number of amides is 2. The van der Waals surface area contributed by atoms with Crippen LogP contribution in [0.5, 0.6) is 0 Å². The quantitative estimate of drug-likeness (QED) is 0.0154. The molecule has 0 aliphatic heterocycles. The van der Waals surface area contributed by atoms with Crippen molar-refractivity contribution in [3.05, 3.63) is 0 Å². The minimum absolute atomic E-state index is 0.208. The van der Waals surface area contributed by atoms with Crippen LogP contribution in [0.25, 0.3) is 0 Å². The van der Waals surface area contributed by atoms with Gasteiger partial charge in [-0.3, -0.25) is 14.6 Å². The molecule has 0 radical (unpaired) electrons. The van der Waals surface area contributed by atoms with Gasteiger partial charge in [0, 0.05) is 32.8 Å². The molecular formula is C27H48F9N7O9. The third-order valence-corrected chi connectivity index (χ3v) is 5.47. The van der Waals surface area contributed by atoms with Crippen molar-refractivity contribution in [3.63, 3.8) is 0 Å². The molecule has 0 bridgehead atoms. The molecule has 2 unspecified atom stereocenters. The number of carbonyl (C=O) groups excluding carboxylic acids is 2. The molecule has 2 amide bonds. The number of nitrogens with one attached hydrogen (secondary N) is 4. The Morgan fingerprint density at radius 1 is 0.673 bits per heavy atom. The lowest BCUT2D eigenvalue weighted by Crippen LogP contribution is -2.47. The number of hydrogen-bond acceptors (Lipinski definition) is 10. The van der Waals surface area contributed by atoms with Crippen molar-refractivity contribution in [2.75, 3.05) is 39.8 Å². The van der Waals surface area contributed by atoms with Crippen molar-refractivity contribution in [1.82, 2.24) is 21.4 Å². The monoisotopic (exact) mass is 785 g/mol. The number of ether oxygens (including phenoxy) is 1. The number of carboxylic acids is 3. The van der Waals surface area contributed by atoms with E-state index in [9.17, 15) is 49.1 Å². The smallest absolute Gasteiger partial charge is 0.475 e. The number of aliphatic imine (C=N–C) groups is 1. The van der Waals surface area contributed by atoms with Gasteiger partial charge >= 0.3 is 36.4 Å². The van der Waals surface area contributed by atoms with Crippen molar-refractivity contribution >= 4 is 36.1 Å². The van der Waals surface area contributed by atoms with Crippen LogP contribution < -0.4 is 33.0 Å². The fraction of sp³-hybridized carbons (Fsp3) is 0.778. The summed E-state index contributed by atoms with van der Waals surface area (Å²) < 4.78 is 100. The lowest BCUT2D eigenvalue weighted by molar-refractivity contribution is -0.193. The number of hydrazine groups is 1. The first-order valence-electron chi connectivity index (χ1n) is 15.2. The van der Waals surface area contributed by atoms with Crippen molar-refractivity contribution in [2.45, 2.75) is 95.4 Å². The Labute approximate surface area is 293 Å². The molecule has 16 nitrogen and oxygen atoms in total. The first-order chi connectivity index (χ1) is 23.9. The second kappa shape index (κ2) is 31.7. The normalized spacial score (nSPS) is 12.4. The molecule has 0 aromatic heterocycles. The predicted octanol–water partition coefficient (Wildman–Crippen LogP) is 2.07. The van der Waals surface area contributed by atoms with Crippen LogP contribution in [0.15, 0.2) is 4.99 Å². The third kappa shape index (κ3) is 40.5. The zero-order chi connectivity index (χ0) is 41.4. The molecule has 0 rings (SSSR count). The summed E-state index contributed by atoms with van der Waals surface area (Å²) in [5.41, 5.74) is 8.07. The van der Waals surface area contributed by atoms with Crippen LogP contribution in [0.4, 0.5) is 39.5 Å². The average molecular weight is 786 g/mol. The molecule has 0 aliphatic carbocycles. The minimum atomic E-state index is -5.08. The summed E-state index contributed by atoms with van der Waals surface area (Å²) in [6.45, 7) is 5.63. The van der Waals surface area contributed by atoms with Gasteiger partial charge in [-0.25, -0.2) is 20.2 Å². The predicted molar refractivity (Wildman–Crippen MR) is 167 cm³/mol. The highest BCUT2D eigenvalue weighted by Crippen LogP contribution is 2.14. The van der Waals surface area contributed by atoms with E-state index in [0.717, 1.165) is 77.4 Å². The van der Waals surface area contributed by atoms with E-state index in [4.69, 9.17) is 46.0 Å². The number of aliphatic carboxylic acids is 3. The first-order valence-corrected chi connectivity index (χ1v) is 15.2. The van der Waals surface area contributed by atoms with Crippen LogP contribution in [0.2, 0.25) is 0 Å². The Hall–Kier alpha value is -3.97. The SMILES string of the molecule is COC(C(=O)NCCCCCCCCN=CNN)C(=O)NCCCCNCCC(C)N.O=C(O)C(F)(F)F.O=C(O)C(F)(F)F.O=C(O)C(F)(F)F. The molecule has 0 spiro atoms. The number of halogens is 9. The second-order valence-corrected chi connectivity index (χ2v) is 10.2. The summed E-state index contributed by atoms with van der Waals surface area (Å²) in [7, 11) is 1.37. The van der Waals surface area contributed by atoms with Crippen molar-refractivity contribution < 1.29 is 83.5 Å². The van der Waals surface area contributed by atoms with E-state index in [1.807, 2.05) is 6.92 Å². The lowest BCUT2D eigenvalue weighted by atomic mass is 10.1. The maximum atomic E-state index is 12.2. The number of nitrogens with zero attached hydrogens (tertiary/aromatic N) is 1. The molecule has 0 aromatic rings. The van der Waals surface area contributed by atoms with Crippen molar-refractivity contribution in [2.24, 2.45) is 16.6 Å². The maximum absolute atomic E-state index is 12.2. The number of nitrogens with two attached hydrogens (primary N) is 2. The third-order valence-electron chi connectivity index (χ3n) is 5.47. The summed E-state index contributed by atoms with van der Waals surface area (Å²) in [5, 5.41) is 30.3. The number of methoxy groups -OCH3 is 1. The number of unbranched alkanes of at least 4 members (excludes halogenated alkanes) is 6. The van der Waals surface area contributed by atoms with Gasteiger partial charge in [0.25, 0.3) is 11.8 Å². The lowest BCUT2D eigenvalue weighted by Gasteiger charge is -2.15. The van der Waals surface area contributed by atoms with Crippen molar-refractivity contribution in [3.8, 4) is 0 Å². The largest absolute Gasteiger partial charge is 0.490 e. The van der Waals surface area contributed by atoms with Gasteiger partial charge < -0.3 is 47.2 Å². The first kappa shape index (κ1) is 54.8. The fourth-order valence-electron chi connectivity index (χ4n) is 2.92. The number of alkyl halides is 9. The molecule has 52 heavy (non-hydrogen) atoms. The van der Waals surface area contributed by atoms with Gasteiger partial charge in [0.15, 0.2) is 0 Å². The molecule has 308 valence electrons. The van der Waals surface area contributed by atoms with Crippen LogP contribution in [-0.2, 0) is 28.7 Å². The molecule has 0 heterocycles. The van der Waals surface area contributed by atoms with Gasteiger partial charge in [0.2, 0.25) is 6.10 Å². The number of hydrogen-bond donors (Lipinski definition) is 9. The zero-order valence-electron chi connectivity index (χ0n) is 28.4. The van der Waals surface area contributed by atoms with Crippen LogP contribution in [0.3, 0.4) is 0 Å². The van der Waals surface area contributed by atoms with E-state index in [1.54, 1.807) is 0 Å². The average Bonchev–Trinajstić information content (AvgIpc) is 3.01. The molecule has 0 saturated heterocycles. The Morgan fingerprint density at radius 3 is 1.37 bits per heavy atom. The van der Waals surface area contributed by atoms with Crippen LogP contribution in [-0.4, -0.2) is 122 Å². The number of carbonyl (C=O) groups is 5. The van der Waals surface area contributed by atoms with E-state index in [0.29, 0.717) is 13.1 Å². The van der Waals surface area contributed by atoms with E-state index >= 15 is 0 Å². The highest BCUT2D eigenvalue weighted by molar-refractivity contribution is 6.03. The molecule has 0 saturated carbocycles. The van der Waals surface area contributed by atoms with Crippen LogP contribution in [0, 0.1) is 0 Å². The Bertz CT molecular complexity index is 960. The molecule has 2 atom stereocenters. The highest BCUT2D eigenvalue weighted by atomic mass is 19.4. The molecular weight excluding hydrogens is 737 g/mol. The summed E-state index contributed by atoms with van der Waals surface area (Å²) in [4.78, 5) is 55.1.